The normalized spacial score (nSPS) is 12.4. The molecule has 21 heavy (non-hydrogen) atoms. The van der Waals surface area contributed by atoms with Crippen molar-refractivity contribution in [3.8, 4) is 0 Å². The molecule has 1 atom stereocenters. The molecule has 1 rings (SSSR count). The number of hydrogen-bond donors (Lipinski definition) is 1. The number of rotatable bonds is 10. The van der Waals surface area contributed by atoms with E-state index in [2.05, 4.69) is 37.9 Å². The first-order valence-corrected chi connectivity index (χ1v) is 8.41. The molecule has 0 aliphatic rings. The van der Waals surface area contributed by atoms with E-state index < -0.39 is 0 Å². The average molecular weight is 294 g/mol. The lowest BCUT2D eigenvalue weighted by molar-refractivity contribution is 0.578. The lowest BCUT2D eigenvalue weighted by Gasteiger charge is -2.29. The summed E-state index contributed by atoms with van der Waals surface area (Å²) in [6.07, 6.45) is 4.72. The van der Waals surface area contributed by atoms with Crippen LogP contribution in [0, 0.1) is 5.82 Å². The minimum absolute atomic E-state index is 0.149. The highest BCUT2D eigenvalue weighted by Crippen LogP contribution is 2.28. The van der Waals surface area contributed by atoms with Crippen LogP contribution in [0.1, 0.15) is 65.0 Å². The maximum absolute atomic E-state index is 13.7. The molecule has 3 heteroatoms. The van der Waals surface area contributed by atoms with Crippen molar-refractivity contribution < 1.29 is 4.39 Å². The zero-order chi connectivity index (χ0) is 15.7. The molecule has 0 aliphatic heterocycles. The molecule has 120 valence electrons. The van der Waals surface area contributed by atoms with Gasteiger partial charge < -0.3 is 10.2 Å². The highest BCUT2D eigenvalue weighted by atomic mass is 19.1. The third kappa shape index (κ3) is 5.66. The molecule has 0 bridgehead atoms. The van der Waals surface area contributed by atoms with Crippen LogP contribution in [0.2, 0.25) is 0 Å². The van der Waals surface area contributed by atoms with Gasteiger partial charge in [-0.1, -0.05) is 33.6 Å². The van der Waals surface area contributed by atoms with Crippen LogP contribution in [-0.4, -0.2) is 19.6 Å². The van der Waals surface area contributed by atoms with Crippen molar-refractivity contribution in [1.82, 2.24) is 5.32 Å². The molecule has 0 aliphatic carbocycles. The van der Waals surface area contributed by atoms with Gasteiger partial charge in [0.25, 0.3) is 0 Å². The van der Waals surface area contributed by atoms with Crippen molar-refractivity contribution in [2.24, 2.45) is 0 Å². The topological polar surface area (TPSA) is 15.3 Å². The monoisotopic (exact) mass is 294 g/mol. The summed E-state index contributed by atoms with van der Waals surface area (Å²) in [5, 5.41) is 3.40. The van der Waals surface area contributed by atoms with Gasteiger partial charge in [-0.3, -0.25) is 0 Å². The first-order valence-electron chi connectivity index (χ1n) is 8.41. The Bertz CT molecular complexity index is 398. The summed E-state index contributed by atoms with van der Waals surface area (Å²) in [7, 11) is 0. The minimum Gasteiger partial charge on any atom is -0.371 e. The van der Waals surface area contributed by atoms with Crippen LogP contribution in [0.25, 0.3) is 0 Å². The summed E-state index contributed by atoms with van der Waals surface area (Å²) < 4.78 is 13.7. The lowest BCUT2D eigenvalue weighted by Crippen LogP contribution is -2.29. The van der Waals surface area contributed by atoms with Gasteiger partial charge in [-0.25, -0.2) is 4.39 Å². The van der Waals surface area contributed by atoms with Crippen molar-refractivity contribution in [1.29, 1.82) is 0 Å². The van der Waals surface area contributed by atoms with Crippen LogP contribution in [0.4, 0.5) is 10.1 Å². The molecule has 0 aromatic heterocycles. The second-order valence-electron chi connectivity index (χ2n) is 5.68. The molecule has 0 radical (unpaired) electrons. The van der Waals surface area contributed by atoms with Gasteiger partial charge in [0.1, 0.15) is 5.82 Å². The van der Waals surface area contributed by atoms with E-state index in [1.54, 1.807) is 12.1 Å². The lowest BCUT2D eigenvalue weighted by atomic mass is 10.0. The Morgan fingerprint density at radius 2 is 1.71 bits per heavy atom. The van der Waals surface area contributed by atoms with Crippen LogP contribution < -0.4 is 10.2 Å². The van der Waals surface area contributed by atoms with Crippen LogP contribution in [0.3, 0.4) is 0 Å². The van der Waals surface area contributed by atoms with E-state index in [4.69, 9.17) is 0 Å². The Labute approximate surface area is 129 Å². The first kappa shape index (κ1) is 18.0. The van der Waals surface area contributed by atoms with Crippen molar-refractivity contribution in [3.63, 3.8) is 0 Å². The number of benzene rings is 1. The molecule has 1 aromatic carbocycles. The van der Waals surface area contributed by atoms with Gasteiger partial charge in [0, 0.05) is 24.8 Å². The summed E-state index contributed by atoms with van der Waals surface area (Å²) in [5.41, 5.74) is 2.26. The zero-order valence-electron chi connectivity index (χ0n) is 14.1. The van der Waals surface area contributed by atoms with E-state index in [9.17, 15) is 4.39 Å². The smallest absolute Gasteiger partial charge is 0.123 e. The summed E-state index contributed by atoms with van der Waals surface area (Å²) in [4.78, 5) is 2.43. The Morgan fingerprint density at radius 3 is 2.24 bits per heavy atom. The minimum atomic E-state index is -0.149. The number of halogens is 1. The van der Waals surface area contributed by atoms with Gasteiger partial charge >= 0.3 is 0 Å². The quantitative estimate of drug-likeness (QED) is 0.660. The van der Waals surface area contributed by atoms with Gasteiger partial charge in [-0.15, -0.1) is 0 Å². The molecular formula is C18H31FN2. The maximum atomic E-state index is 13.7. The molecule has 0 amide bonds. The van der Waals surface area contributed by atoms with Crippen molar-refractivity contribution in [2.75, 3.05) is 24.5 Å². The second kappa shape index (κ2) is 9.78. The highest BCUT2D eigenvalue weighted by Gasteiger charge is 2.15. The molecule has 2 nitrogen and oxygen atoms in total. The highest BCUT2D eigenvalue weighted by molar-refractivity contribution is 5.55. The molecule has 1 unspecified atom stereocenters. The van der Waals surface area contributed by atoms with Crippen LogP contribution in [-0.2, 0) is 0 Å². The fourth-order valence-corrected chi connectivity index (χ4v) is 2.63. The number of unbranched alkanes of at least 4 members (excludes halogenated alkanes) is 2. The van der Waals surface area contributed by atoms with Crippen LogP contribution >= 0.6 is 0 Å². The fourth-order valence-electron chi connectivity index (χ4n) is 2.63. The Balaban J connectivity index is 3.03. The van der Waals surface area contributed by atoms with E-state index in [0.717, 1.165) is 25.2 Å². The summed E-state index contributed by atoms with van der Waals surface area (Å²) in [6, 6.07) is 5.39. The third-order valence-electron chi connectivity index (χ3n) is 3.87. The summed E-state index contributed by atoms with van der Waals surface area (Å²) >= 11 is 0. The summed E-state index contributed by atoms with van der Waals surface area (Å²) in [6.45, 7) is 11.6. The van der Waals surface area contributed by atoms with E-state index in [1.807, 2.05) is 6.07 Å². The second-order valence-corrected chi connectivity index (χ2v) is 5.68. The molecule has 1 aromatic rings. The van der Waals surface area contributed by atoms with Crippen molar-refractivity contribution >= 4 is 5.69 Å². The van der Waals surface area contributed by atoms with Gasteiger partial charge in [-0.2, -0.15) is 0 Å². The maximum Gasteiger partial charge on any atom is 0.123 e. The molecule has 0 saturated heterocycles. The fraction of sp³-hybridized carbons (Fsp3) is 0.667. The predicted molar refractivity (Wildman–Crippen MR) is 90.5 cm³/mol. The standard InChI is InChI=1S/C18H31FN2/c1-5-8-12-21(13-9-6-2)18-11-10-16(19)14-17(18)15(4)20-7-3/h10-11,14-15,20H,5-9,12-13H2,1-4H3. The van der Waals surface area contributed by atoms with Gasteiger partial charge in [0.05, 0.1) is 0 Å². The molecule has 0 heterocycles. The van der Waals surface area contributed by atoms with Gasteiger partial charge in [0.2, 0.25) is 0 Å². The van der Waals surface area contributed by atoms with Crippen molar-refractivity contribution in [3.05, 3.63) is 29.6 Å². The molecular weight excluding hydrogens is 263 g/mol. The Kier molecular flexibility index (Phi) is 8.36. The number of hydrogen-bond acceptors (Lipinski definition) is 2. The first-order chi connectivity index (χ1) is 10.1. The SMILES string of the molecule is CCCCN(CCCC)c1ccc(F)cc1C(C)NCC. The molecule has 1 N–H and O–H groups in total. The zero-order valence-corrected chi connectivity index (χ0v) is 14.1. The van der Waals surface area contributed by atoms with Gasteiger partial charge in [0.15, 0.2) is 0 Å². The van der Waals surface area contributed by atoms with E-state index >= 15 is 0 Å². The Morgan fingerprint density at radius 1 is 1.10 bits per heavy atom. The number of anilines is 1. The predicted octanol–water partition coefficient (Wildman–Crippen LogP) is 4.90. The average Bonchev–Trinajstić information content (AvgIpc) is 2.48. The molecule has 0 saturated carbocycles. The van der Waals surface area contributed by atoms with Crippen molar-refractivity contribution in [2.45, 2.75) is 59.4 Å². The van der Waals surface area contributed by atoms with Gasteiger partial charge in [-0.05, 0) is 50.1 Å². The Hall–Kier alpha value is -1.09. The largest absolute Gasteiger partial charge is 0.371 e. The molecule has 0 spiro atoms. The molecule has 0 fully saturated rings. The van der Waals surface area contributed by atoms with Crippen LogP contribution in [0.5, 0.6) is 0 Å². The van der Waals surface area contributed by atoms with E-state index in [0.29, 0.717) is 0 Å². The van der Waals surface area contributed by atoms with E-state index in [-0.39, 0.29) is 11.9 Å². The number of nitrogens with zero attached hydrogens (tertiary/aromatic N) is 1. The number of nitrogens with one attached hydrogen (secondary N) is 1. The summed E-state index contributed by atoms with van der Waals surface area (Å²) in [5.74, 6) is -0.149. The van der Waals surface area contributed by atoms with E-state index in [1.165, 1.54) is 31.4 Å². The van der Waals surface area contributed by atoms with Crippen LogP contribution in [0.15, 0.2) is 18.2 Å². The third-order valence-corrected chi connectivity index (χ3v) is 3.87.